The van der Waals surface area contributed by atoms with Crippen molar-refractivity contribution in [2.45, 2.75) is 38.8 Å². The van der Waals surface area contributed by atoms with E-state index in [1.165, 1.54) is 41.1 Å². The monoisotopic (exact) mass is 390 g/mol. The van der Waals surface area contributed by atoms with Crippen molar-refractivity contribution >= 4 is 22.9 Å². The molecule has 0 radical (unpaired) electrons. The van der Waals surface area contributed by atoms with Crippen LogP contribution in [-0.4, -0.2) is 38.6 Å². The Balaban J connectivity index is 1.44. The first kappa shape index (κ1) is 19.4. The molecular formula is C23H26N4O2. The Morgan fingerprint density at radius 3 is 3.00 bits per heavy atom. The first-order valence-electron chi connectivity index (χ1n) is 10.0. The van der Waals surface area contributed by atoms with Crippen molar-refractivity contribution in [2.75, 3.05) is 6.54 Å². The van der Waals surface area contributed by atoms with Crippen LogP contribution in [0, 0.1) is 6.92 Å². The summed E-state index contributed by atoms with van der Waals surface area (Å²) in [7, 11) is 0. The van der Waals surface area contributed by atoms with Crippen molar-refractivity contribution in [3.05, 3.63) is 71.2 Å². The molecule has 6 nitrogen and oxygen atoms in total. The zero-order chi connectivity index (χ0) is 20.2. The highest BCUT2D eigenvalue weighted by molar-refractivity contribution is 5.90. The van der Waals surface area contributed by atoms with Crippen LogP contribution in [0.3, 0.4) is 0 Å². The van der Waals surface area contributed by atoms with E-state index in [0.29, 0.717) is 6.04 Å². The van der Waals surface area contributed by atoms with E-state index in [1.54, 1.807) is 17.8 Å². The van der Waals surface area contributed by atoms with Crippen LogP contribution in [0.1, 0.15) is 35.4 Å². The minimum Gasteiger partial charge on any atom is -0.358 e. The molecule has 3 aromatic rings. The first-order valence-corrected chi connectivity index (χ1v) is 10.0. The normalized spacial score (nSPS) is 17.4. The van der Waals surface area contributed by atoms with Crippen molar-refractivity contribution in [1.29, 1.82) is 0 Å². The van der Waals surface area contributed by atoms with E-state index in [4.69, 9.17) is 5.21 Å². The number of carbonyl (C=O) groups is 1. The second kappa shape index (κ2) is 8.59. The number of hydroxylamine groups is 1. The number of H-pyrrole nitrogens is 1. The smallest absolute Gasteiger partial charge is 0.267 e. The Hall–Kier alpha value is -2.96. The van der Waals surface area contributed by atoms with Crippen LogP contribution < -0.4 is 5.48 Å². The minimum atomic E-state index is -0.554. The summed E-state index contributed by atoms with van der Waals surface area (Å²) in [6.45, 7) is 4.08. The Morgan fingerprint density at radius 2 is 2.21 bits per heavy atom. The van der Waals surface area contributed by atoms with Gasteiger partial charge in [0.05, 0.1) is 5.69 Å². The number of fused-ring (bicyclic) bond motifs is 1. The zero-order valence-corrected chi connectivity index (χ0v) is 16.6. The molecule has 3 N–H and O–H groups in total. The number of rotatable bonds is 6. The number of carbonyl (C=O) groups excluding carboxylic acids is 1. The lowest BCUT2D eigenvalue weighted by Gasteiger charge is -2.24. The first-order chi connectivity index (χ1) is 14.1. The molecule has 1 fully saturated rings. The van der Waals surface area contributed by atoms with Gasteiger partial charge in [0, 0.05) is 41.5 Å². The van der Waals surface area contributed by atoms with Gasteiger partial charge in [-0.3, -0.25) is 19.9 Å². The maximum absolute atomic E-state index is 11.1. The Kier molecular flexibility index (Phi) is 5.74. The molecule has 0 spiro atoms. The molecule has 29 heavy (non-hydrogen) atoms. The predicted molar refractivity (Wildman–Crippen MR) is 113 cm³/mol. The van der Waals surface area contributed by atoms with Gasteiger partial charge in [-0.25, -0.2) is 5.48 Å². The Bertz CT molecular complexity index is 1020. The van der Waals surface area contributed by atoms with Gasteiger partial charge >= 0.3 is 0 Å². The molecule has 0 saturated carbocycles. The number of hydrogen-bond acceptors (Lipinski definition) is 4. The lowest BCUT2D eigenvalue weighted by atomic mass is 10.0. The van der Waals surface area contributed by atoms with Crippen LogP contribution in [0.2, 0.25) is 0 Å². The standard InChI is InChI=1S/C23H26N4O2/c1-16-21(20-6-2-3-7-22(20)25-16)13-19-5-4-12-27(19)15-18-10-8-17(14-24-18)9-11-23(28)26-29/h2-3,6-11,14,19,25,29H,4-5,12-13,15H2,1H3,(H,26,28). The minimum absolute atomic E-state index is 0.516. The van der Waals surface area contributed by atoms with E-state index in [2.05, 4.69) is 46.1 Å². The van der Waals surface area contributed by atoms with Crippen LogP contribution in [-0.2, 0) is 17.8 Å². The highest BCUT2D eigenvalue weighted by Gasteiger charge is 2.26. The molecule has 1 unspecified atom stereocenters. The molecule has 1 amide bonds. The fraction of sp³-hybridized carbons (Fsp3) is 0.304. The van der Waals surface area contributed by atoms with Gasteiger partial charge in [-0.05, 0) is 62.1 Å². The quantitative estimate of drug-likeness (QED) is 0.341. The predicted octanol–water partition coefficient (Wildman–Crippen LogP) is 3.60. The van der Waals surface area contributed by atoms with Crippen molar-refractivity contribution in [2.24, 2.45) is 0 Å². The van der Waals surface area contributed by atoms with E-state index in [-0.39, 0.29) is 0 Å². The maximum Gasteiger partial charge on any atom is 0.267 e. The molecule has 1 atom stereocenters. The molecule has 0 bridgehead atoms. The number of likely N-dealkylation sites (tertiary alicyclic amines) is 1. The fourth-order valence-electron chi connectivity index (χ4n) is 4.21. The Morgan fingerprint density at radius 1 is 1.34 bits per heavy atom. The third-order valence-corrected chi connectivity index (χ3v) is 5.72. The third-order valence-electron chi connectivity index (χ3n) is 5.72. The van der Waals surface area contributed by atoms with Crippen molar-refractivity contribution in [3.8, 4) is 0 Å². The van der Waals surface area contributed by atoms with Gasteiger partial charge in [0.15, 0.2) is 0 Å². The number of aromatic amines is 1. The summed E-state index contributed by atoms with van der Waals surface area (Å²) in [5.74, 6) is -0.554. The number of benzene rings is 1. The number of hydrogen-bond donors (Lipinski definition) is 3. The molecular weight excluding hydrogens is 364 g/mol. The molecule has 1 aliphatic rings. The number of nitrogens with zero attached hydrogens (tertiary/aromatic N) is 2. The summed E-state index contributed by atoms with van der Waals surface area (Å²) in [6, 6.07) is 13.0. The average molecular weight is 390 g/mol. The summed E-state index contributed by atoms with van der Waals surface area (Å²) in [5.41, 5.74) is 7.33. The number of amides is 1. The molecule has 0 aliphatic carbocycles. The third kappa shape index (κ3) is 4.39. The molecule has 4 rings (SSSR count). The van der Waals surface area contributed by atoms with Crippen molar-refractivity contribution in [1.82, 2.24) is 20.3 Å². The second-order valence-electron chi connectivity index (χ2n) is 7.64. The highest BCUT2D eigenvalue weighted by atomic mass is 16.5. The number of aromatic nitrogens is 2. The molecule has 1 aromatic carbocycles. The summed E-state index contributed by atoms with van der Waals surface area (Å²) in [4.78, 5) is 21.7. The lowest BCUT2D eigenvalue weighted by molar-refractivity contribution is -0.124. The maximum atomic E-state index is 11.1. The van der Waals surface area contributed by atoms with Gasteiger partial charge in [-0.2, -0.15) is 0 Å². The highest BCUT2D eigenvalue weighted by Crippen LogP contribution is 2.28. The second-order valence-corrected chi connectivity index (χ2v) is 7.64. The number of para-hydroxylation sites is 1. The van der Waals surface area contributed by atoms with Gasteiger partial charge in [0.25, 0.3) is 5.91 Å². The molecule has 2 aromatic heterocycles. The Labute approximate surface area is 170 Å². The van der Waals surface area contributed by atoms with Crippen molar-refractivity contribution in [3.63, 3.8) is 0 Å². The van der Waals surface area contributed by atoms with E-state index in [9.17, 15) is 4.79 Å². The zero-order valence-electron chi connectivity index (χ0n) is 16.6. The van der Waals surface area contributed by atoms with E-state index in [0.717, 1.165) is 30.8 Å². The molecule has 150 valence electrons. The van der Waals surface area contributed by atoms with Gasteiger partial charge < -0.3 is 4.98 Å². The van der Waals surface area contributed by atoms with Crippen LogP contribution in [0.15, 0.2) is 48.7 Å². The van der Waals surface area contributed by atoms with Gasteiger partial charge in [-0.15, -0.1) is 0 Å². The average Bonchev–Trinajstić information content (AvgIpc) is 3.31. The van der Waals surface area contributed by atoms with E-state index < -0.39 is 5.91 Å². The largest absolute Gasteiger partial charge is 0.358 e. The SMILES string of the molecule is Cc1[nH]c2ccccc2c1CC1CCCN1Cc1ccc(C=CC(=O)NO)cn1. The summed E-state index contributed by atoms with van der Waals surface area (Å²) in [6.07, 6.45) is 8.12. The number of nitrogens with one attached hydrogen (secondary N) is 2. The van der Waals surface area contributed by atoms with Crippen LogP contribution in [0.25, 0.3) is 17.0 Å². The summed E-state index contributed by atoms with van der Waals surface area (Å²) < 4.78 is 0. The summed E-state index contributed by atoms with van der Waals surface area (Å²) in [5, 5.41) is 9.87. The summed E-state index contributed by atoms with van der Waals surface area (Å²) >= 11 is 0. The molecule has 1 saturated heterocycles. The van der Waals surface area contributed by atoms with Crippen LogP contribution >= 0.6 is 0 Å². The lowest BCUT2D eigenvalue weighted by Crippen LogP contribution is -2.31. The molecule has 1 aliphatic heterocycles. The van der Waals surface area contributed by atoms with Crippen molar-refractivity contribution < 1.29 is 10.0 Å². The fourth-order valence-corrected chi connectivity index (χ4v) is 4.21. The topological polar surface area (TPSA) is 81.2 Å². The van der Waals surface area contributed by atoms with E-state index >= 15 is 0 Å². The van der Waals surface area contributed by atoms with Gasteiger partial charge in [0.1, 0.15) is 0 Å². The van der Waals surface area contributed by atoms with E-state index in [1.807, 2.05) is 12.1 Å². The van der Waals surface area contributed by atoms with Gasteiger partial charge in [0.2, 0.25) is 0 Å². The van der Waals surface area contributed by atoms with Gasteiger partial charge in [-0.1, -0.05) is 24.3 Å². The van der Waals surface area contributed by atoms with Crippen LogP contribution in [0.4, 0.5) is 0 Å². The number of pyridine rings is 1. The molecule has 6 heteroatoms. The molecule has 3 heterocycles. The van der Waals surface area contributed by atoms with Crippen LogP contribution in [0.5, 0.6) is 0 Å². The number of aryl methyl sites for hydroxylation is 1.